The Balaban J connectivity index is 2.42. The van der Waals surface area contributed by atoms with Gasteiger partial charge in [0.25, 0.3) is 0 Å². The Hall–Kier alpha value is -1.55. The average molecular weight is 227 g/mol. The van der Waals surface area contributed by atoms with Gasteiger partial charge in [0.05, 0.1) is 24.0 Å². The molecule has 0 saturated heterocycles. The number of benzene rings is 1. The molecule has 1 aromatic carbocycles. The van der Waals surface area contributed by atoms with E-state index in [1.54, 1.807) is 18.3 Å². The molecule has 0 amide bonds. The molecule has 0 atom stereocenters. The fourth-order valence-corrected chi connectivity index (χ4v) is 1.38. The molecule has 0 aliphatic heterocycles. The van der Waals surface area contributed by atoms with Crippen LogP contribution < -0.4 is 4.74 Å². The second kappa shape index (κ2) is 3.90. The van der Waals surface area contributed by atoms with E-state index in [1.807, 2.05) is 0 Å². The number of halogens is 2. The third-order valence-electron chi connectivity index (χ3n) is 1.95. The van der Waals surface area contributed by atoms with Crippen molar-refractivity contribution in [3.63, 3.8) is 0 Å². The normalized spacial score (nSPS) is 10.3. The van der Waals surface area contributed by atoms with Crippen LogP contribution in [0.1, 0.15) is 0 Å². The second-order valence-electron chi connectivity index (χ2n) is 2.92. The first-order chi connectivity index (χ1) is 7.20. The summed E-state index contributed by atoms with van der Waals surface area (Å²) in [6, 6.07) is 4.58. The van der Waals surface area contributed by atoms with Gasteiger partial charge >= 0.3 is 0 Å². The van der Waals surface area contributed by atoms with Gasteiger partial charge in [-0.05, 0) is 12.1 Å². The van der Waals surface area contributed by atoms with Crippen molar-refractivity contribution in [2.75, 3.05) is 7.11 Å². The quantitative estimate of drug-likeness (QED) is 0.787. The first-order valence-corrected chi connectivity index (χ1v) is 4.62. The Morgan fingerprint density at radius 3 is 2.80 bits per heavy atom. The molecule has 0 radical (unpaired) electrons. The lowest BCUT2D eigenvalue weighted by molar-refractivity contribution is 0.386. The Morgan fingerprint density at radius 1 is 1.47 bits per heavy atom. The van der Waals surface area contributed by atoms with Crippen LogP contribution in [0.15, 0.2) is 30.6 Å². The fourth-order valence-electron chi connectivity index (χ4n) is 1.24. The van der Waals surface area contributed by atoms with E-state index in [4.69, 9.17) is 16.3 Å². The van der Waals surface area contributed by atoms with Crippen molar-refractivity contribution in [2.45, 2.75) is 0 Å². The van der Waals surface area contributed by atoms with Crippen molar-refractivity contribution in [3.05, 3.63) is 41.4 Å². The van der Waals surface area contributed by atoms with Gasteiger partial charge in [0.15, 0.2) is 11.6 Å². The summed E-state index contributed by atoms with van der Waals surface area (Å²) < 4.78 is 19.6. The van der Waals surface area contributed by atoms with Crippen molar-refractivity contribution in [3.8, 4) is 11.4 Å². The molecule has 78 valence electrons. The molecular weight excluding hydrogens is 219 g/mol. The molecule has 1 heterocycles. The van der Waals surface area contributed by atoms with Gasteiger partial charge in [-0.3, -0.25) is 0 Å². The third-order valence-corrected chi connectivity index (χ3v) is 2.15. The highest BCUT2D eigenvalue weighted by Crippen LogP contribution is 2.20. The van der Waals surface area contributed by atoms with Crippen LogP contribution in [0.4, 0.5) is 4.39 Å². The predicted molar refractivity (Wildman–Crippen MR) is 55.1 cm³/mol. The molecule has 15 heavy (non-hydrogen) atoms. The van der Waals surface area contributed by atoms with Crippen LogP contribution in [0, 0.1) is 5.82 Å². The highest BCUT2D eigenvalue weighted by Gasteiger charge is 2.05. The number of hydrogen-bond acceptors (Lipinski definition) is 2. The summed E-state index contributed by atoms with van der Waals surface area (Å²) >= 11 is 5.71. The largest absolute Gasteiger partial charge is 0.494 e. The van der Waals surface area contributed by atoms with Crippen molar-refractivity contribution in [1.29, 1.82) is 0 Å². The molecule has 2 aromatic rings. The van der Waals surface area contributed by atoms with Gasteiger partial charge in [-0.25, -0.2) is 9.07 Å². The Kier molecular flexibility index (Phi) is 2.60. The average Bonchev–Trinajstić information content (AvgIpc) is 2.65. The first-order valence-electron chi connectivity index (χ1n) is 4.25. The SMILES string of the molecule is COc1ccc(-n2cc(Cl)cn2)cc1F. The lowest BCUT2D eigenvalue weighted by Crippen LogP contribution is -1.96. The Labute approximate surface area is 91.0 Å². The highest BCUT2D eigenvalue weighted by atomic mass is 35.5. The van der Waals surface area contributed by atoms with Gasteiger partial charge in [0.1, 0.15) is 0 Å². The monoisotopic (exact) mass is 226 g/mol. The zero-order valence-corrected chi connectivity index (χ0v) is 8.70. The van der Waals surface area contributed by atoms with E-state index in [0.29, 0.717) is 10.7 Å². The van der Waals surface area contributed by atoms with Gasteiger partial charge in [-0.1, -0.05) is 11.6 Å². The summed E-state index contributed by atoms with van der Waals surface area (Å²) in [6.07, 6.45) is 3.09. The summed E-state index contributed by atoms with van der Waals surface area (Å²) in [6.45, 7) is 0. The van der Waals surface area contributed by atoms with Crippen LogP contribution >= 0.6 is 11.6 Å². The molecule has 1 aromatic heterocycles. The summed E-state index contributed by atoms with van der Waals surface area (Å²) in [7, 11) is 1.42. The van der Waals surface area contributed by atoms with Gasteiger partial charge < -0.3 is 4.74 Å². The zero-order chi connectivity index (χ0) is 10.8. The van der Waals surface area contributed by atoms with E-state index in [0.717, 1.165) is 0 Å². The Morgan fingerprint density at radius 2 is 2.27 bits per heavy atom. The van der Waals surface area contributed by atoms with Crippen molar-refractivity contribution < 1.29 is 9.13 Å². The van der Waals surface area contributed by atoms with Gasteiger partial charge in [0.2, 0.25) is 0 Å². The minimum atomic E-state index is -0.429. The summed E-state index contributed by atoms with van der Waals surface area (Å²) in [4.78, 5) is 0. The molecule has 5 heteroatoms. The van der Waals surface area contributed by atoms with E-state index in [2.05, 4.69) is 5.10 Å². The van der Waals surface area contributed by atoms with E-state index < -0.39 is 5.82 Å². The minimum absolute atomic E-state index is 0.206. The summed E-state index contributed by atoms with van der Waals surface area (Å²) in [5.74, 6) is -0.223. The molecule has 0 aliphatic carbocycles. The zero-order valence-electron chi connectivity index (χ0n) is 7.95. The molecule has 3 nitrogen and oxygen atoms in total. The second-order valence-corrected chi connectivity index (χ2v) is 3.36. The van der Waals surface area contributed by atoms with Crippen LogP contribution in [0.5, 0.6) is 5.75 Å². The summed E-state index contributed by atoms with van der Waals surface area (Å²) in [5.41, 5.74) is 0.597. The molecule has 0 aliphatic rings. The first kappa shape index (κ1) is 9.98. The van der Waals surface area contributed by atoms with Crippen LogP contribution in [0.25, 0.3) is 5.69 Å². The number of nitrogens with zero attached hydrogens (tertiary/aromatic N) is 2. The smallest absolute Gasteiger partial charge is 0.167 e. The van der Waals surface area contributed by atoms with E-state index in [-0.39, 0.29) is 5.75 Å². The van der Waals surface area contributed by atoms with Crippen LogP contribution in [-0.2, 0) is 0 Å². The number of ether oxygens (including phenoxy) is 1. The molecule has 0 fully saturated rings. The molecule has 0 saturated carbocycles. The van der Waals surface area contributed by atoms with Gasteiger partial charge in [-0.2, -0.15) is 5.10 Å². The van der Waals surface area contributed by atoms with E-state index in [1.165, 1.54) is 24.1 Å². The van der Waals surface area contributed by atoms with Crippen LogP contribution in [-0.4, -0.2) is 16.9 Å². The van der Waals surface area contributed by atoms with Crippen LogP contribution in [0.3, 0.4) is 0 Å². The Bertz CT molecular complexity index is 484. The van der Waals surface area contributed by atoms with Crippen LogP contribution in [0.2, 0.25) is 5.02 Å². The lowest BCUT2D eigenvalue weighted by atomic mass is 10.3. The summed E-state index contributed by atoms with van der Waals surface area (Å²) in [5, 5.41) is 4.47. The van der Waals surface area contributed by atoms with E-state index >= 15 is 0 Å². The predicted octanol–water partition coefficient (Wildman–Crippen LogP) is 2.67. The molecule has 0 N–H and O–H groups in total. The molecule has 0 spiro atoms. The number of hydrogen-bond donors (Lipinski definition) is 0. The minimum Gasteiger partial charge on any atom is -0.494 e. The topological polar surface area (TPSA) is 27.1 Å². The molecule has 2 rings (SSSR count). The molecule has 0 unspecified atom stereocenters. The van der Waals surface area contributed by atoms with Gasteiger partial charge in [0, 0.05) is 12.3 Å². The fraction of sp³-hybridized carbons (Fsp3) is 0.100. The van der Waals surface area contributed by atoms with Crippen molar-refractivity contribution in [2.24, 2.45) is 0 Å². The lowest BCUT2D eigenvalue weighted by Gasteiger charge is -2.04. The van der Waals surface area contributed by atoms with E-state index in [9.17, 15) is 4.39 Å². The number of methoxy groups -OCH3 is 1. The molecular formula is C10H8ClFN2O. The highest BCUT2D eigenvalue weighted by molar-refractivity contribution is 6.30. The standard InChI is InChI=1S/C10H8ClFN2O/c1-15-10-3-2-8(4-9(10)12)14-6-7(11)5-13-14/h2-6H,1H3. The maximum atomic E-state index is 13.3. The maximum Gasteiger partial charge on any atom is 0.167 e. The van der Waals surface area contributed by atoms with Crippen molar-refractivity contribution >= 4 is 11.6 Å². The maximum absolute atomic E-state index is 13.3. The van der Waals surface area contributed by atoms with Gasteiger partial charge in [-0.15, -0.1) is 0 Å². The van der Waals surface area contributed by atoms with Crippen molar-refractivity contribution in [1.82, 2.24) is 9.78 Å². The molecule has 0 bridgehead atoms. The number of rotatable bonds is 2. The number of aromatic nitrogens is 2. The third kappa shape index (κ3) is 1.94.